The lowest BCUT2D eigenvalue weighted by molar-refractivity contribution is 0.653. The fourth-order valence-corrected chi connectivity index (χ4v) is 4.87. The summed E-state index contributed by atoms with van der Waals surface area (Å²) in [7, 11) is 0. The molecule has 35 heavy (non-hydrogen) atoms. The highest BCUT2D eigenvalue weighted by molar-refractivity contribution is 6.08. The molecule has 0 fully saturated rings. The van der Waals surface area contributed by atoms with Gasteiger partial charge in [-0.2, -0.15) is 0 Å². The first-order chi connectivity index (χ1) is 17.3. The Hall–Kier alpha value is -4.70. The average Bonchev–Trinajstić information content (AvgIpc) is 3.47. The molecular weight excluding hydrogens is 430 g/mol. The minimum atomic E-state index is 0.654. The van der Waals surface area contributed by atoms with Crippen LogP contribution in [0.4, 0.5) is 0 Å². The van der Waals surface area contributed by atoms with Crippen LogP contribution in [0.5, 0.6) is 0 Å². The van der Waals surface area contributed by atoms with Gasteiger partial charge in [-0.3, -0.25) is 4.57 Å². The van der Waals surface area contributed by atoms with Gasteiger partial charge in [0.2, 0.25) is 5.71 Å². The first-order valence-corrected chi connectivity index (χ1v) is 11.7. The number of nitrogens with zero attached hydrogens (tertiary/aromatic N) is 3. The molecule has 0 amide bonds. The molecule has 0 saturated carbocycles. The number of imidazole rings is 1. The van der Waals surface area contributed by atoms with E-state index in [4.69, 9.17) is 9.40 Å². The van der Waals surface area contributed by atoms with Crippen molar-refractivity contribution in [1.82, 2.24) is 14.5 Å². The fraction of sp³-hybridized carbons (Fsp3) is 0.0323. The predicted molar refractivity (Wildman–Crippen MR) is 142 cm³/mol. The molecule has 4 heteroatoms. The number of benzene rings is 4. The number of para-hydroxylation sites is 3. The van der Waals surface area contributed by atoms with E-state index in [0.29, 0.717) is 5.71 Å². The summed E-state index contributed by atoms with van der Waals surface area (Å²) in [5.41, 5.74) is 8.72. The second-order valence-electron chi connectivity index (χ2n) is 8.77. The summed E-state index contributed by atoms with van der Waals surface area (Å²) in [5, 5.41) is 2.06. The van der Waals surface area contributed by atoms with Gasteiger partial charge in [0.05, 0.1) is 16.6 Å². The van der Waals surface area contributed by atoms with Crippen LogP contribution in [-0.2, 0) is 0 Å². The van der Waals surface area contributed by atoms with Crippen LogP contribution < -0.4 is 0 Å². The lowest BCUT2D eigenvalue weighted by atomic mass is 10.0. The second kappa shape index (κ2) is 7.67. The Morgan fingerprint density at radius 1 is 0.657 bits per heavy atom. The molecule has 0 radical (unpaired) electrons. The highest BCUT2D eigenvalue weighted by Gasteiger charge is 2.20. The average molecular weight is 452 g/mol. The van der Waals surface area contributed by atoms with E-state index >= 15 is 0 Å². The van der Waals surface area contributed by atoms with Crippen molar-refractivity contribution in [3.05, 3.63) is 115 Å². The maximum atomic E-state index is 6.33. The van der Waals surface area contributed by atoms with Crippen molar-refractivity contribution >= 4 is 33.1 Å². The third kappa shape index (κ3) is 3.15. The number of pyridine rings is 1. The van der Waals surface area contributed by atoms with Crippen LogP contribution in [0.15, 0.2) is 114 Å². The molecule has 4 aromatic carbocycles. The van der Waals surface area contributed by atoms with E-state index in [0.717, 1.165) is 55.7 Å². The Kier molecular flexibility index (Phi) is 4.33. The van der Waals surface area contributed by atoms with Gasteiger partial charge in [-0.25, -0.2) is 9.97 Å². The van der Waals surface area contributed by atoms with Gasteiger partial charge in [0.15, 0.2) is 0 Å². The number of fused-ring (bicyclic) bond motifs is 4. The molecule has 0 spiro atoms. The summed E-state index contributed by atoms with van der Waals surface area (Å²) in [4.78, 5) is 9.70. The molecule has 0 aliphatic heterocycles. The molecule has 4 nitrogen and oxygen atoms in total. The summed E-state index contributed by atoms with van der Waals surface area (Å²) < 4.78 is 8.56. The molecule has 3 aromatic heterocycles. The Balaban J connectivity index is 1.52. The maximum Gasteiger partial charge on any atom is 0.227 e. The minimum absolute atomic E-state index is 0.654. The molecule has 166 valence electrons. The molecule has 0 aliphatic carbocycles. The second-order valence-corrected chi connectivity index (χ2v) is 8.77. The highest BCUT2D eigenvalue weighted by atomic mass is 16.3. The van der Waals surface area contributed by atoms with Gasteiger partial charge in [-0.1, -0.05) is 66.7 Å². The zero-order valence-corrected chi connectivity index (χ0v) is 19.1. The normalized spacial score (nSPS) is 11.6. The topological polar surface area (TPSA) is 43.9 Å². The lowest BCUT2D eigenvalue weighted by Crippen LogP contribution is -1.98. The van der Waals surface area contributed by atoms with Gasteiger partial charge in [0.25, 0.3) is 0 Å². The van der Waals surface area contributed by atoms with Crippen molar-refractivity contribution in [3.8, 4) is 28.2 Å². The van der Waals surface area contributed by atoms with Gasteiger partial charge >= 0.3 is 0 Å². The molecular formula is C31H21N3O. The minimum Gasteiger partial charge on any atom is -0.437 e. The number of furan rings is 1. The van der Waals surface area contributed by atoms with Gasteiger partial charge in [-0.05, 0) is 60.5 Å². The number of aromatic nitrogens is 3. The van der Waals surface area contributed by atoms with E-state index in [1.807, 2.05) is 25.1 Å². The number of rotatable bonds is 3. The van der Waals surface area contributed by atoms with Crippen molar-refractivity contribution in [2.45, 2.75) is 6.92 Å². The molecule has 7 aromatic rings. The quantitative estimate of drug-likeness (QED) is 0.274. The summed E-state index contributed by atoms with van der Waals surface area (Å²) in [5.74, 6) is 0.845. The molecule has 7 rings (SSSR count). The first kappa shape index (κ1) is 19.7. The number of hydrogen-bond acceptors (Lipinski definition) is 3. The van der Waals surface area contributed by atoms with Crippen molar-refractivity contribution in [3.63, 3.8) is 0 Å². The van der Waals surface area contributed by atoms with E-state index in [-0.39, 0.29) is 0 Å². The van der Waals surface area contributed by atoms with Crippen molar-refractivity contribution < 1.29 is 4.42 Å². The molecule has 3 heterocycles. The van der Waals surface area contributed by atoms with Crippen LogP contribution in [-0.4, -0.2) is 14.5 Å². The standard InChI is InChI=1S/C31H21N3O/c1-20-17-18-25-24-13-8-14-26(29(24)35-31(25)32-20)30-33-27-15-5-6-16-28(27)34(30)23-12-7-11-22(19-23)21-9-3-2-4-10-21/h2-19H,1H3. The van der Waals surface area contributed by atoms with Crippen LogP contribution in [0.1, 0.15) is 5.69 Å². The Morgan fingerprint density at radius 2 is 1.46 bits per heavy atom. The largest absolute Gasteiger partial charge is 0.437 e. The Labute approximate surface area is 202 Å². The summed E-state index contributed by atoms with van der Waals surface area (Å²) >= 11 is 0. The summed E-state index contributed by atoms with van der Waals surface area (Å²) in [6, 6.07) is 37.6. The Morgan fingerprint density at radius 3 is 2.37 bits per heavy atom. The molecule has 0 aliphatic rings. The van der Waals surface area contributed by atoms with Gasteiger partial charge in [-0.15, -0.1) is 0 Å². The van der Waals surface area contributed by atoms with Crippen molar-refractivity contribution in [2.24, 2.45) is 0 Å². The zero-order valence-electron chi connectivity index (χ0n) is 19.1. The predicted octanol–water partition coefficient (Wildman–Crippen LogP) is 7.96. The van der Waals surface area contributed by atoms with E-state index in [1.165, 1.54) is 5.56 Å². The van der Waals surface area contributed by atoms with Crippen LogP contribution >= 0.6 is 0 Å². The van der Waals surface area contributed by atoms with Crippen LogP contribution in [0.25, 0.3) is 61.3 Å². The third-order valence-corrected chi connectivity index (χ3v) is 6.52. The van der Waals surface area contributed by atoms with Crippen molar-refractivity contribution in [2.75, 3.05) is 0 Å². The highest BCUT2D eigenvalue weighted by Crippen LogP contribution is 2.37. The van der Waals surface area contributed by atoms with E-state index in [2.05, 4.69) is 101 Å². The Bertz CT molecular complexity index is 1860. The SMILES string of the molecule is Cc1ccc2c(n1)oc1c(-c3nc4ccccc4n3-c3cccc(-c4ccccc4)c3)cccc12. The van der Waals surface area contributed by atoms with Gasteiger partial charge < -0.3 is 4.42 Å². The van der Waals surface area contributed by atoms with Crippen molar-refractivity contribution in [1.29, 1.82) is 0 Å². The lowest BCUT2D eigenvalue weighted by Gasteiger charge is -2.12. The molecule has 0 unspecified atom stereocenters. The van der Waals surface area contributed by atoms with Gasteiger partial charge in [0.1, 0.15) is 11.4 Å². The first-order valence-electron chi connectivity index (χ1n) is 11.7. The van der Waals surface area contributed by atoms with Crippen LogP contribution in [0.2, 0.25) is 0 Å². The smallest absolute Gasteiger partial charge is 0.227 e. The summed E-state index contributed by atoms with van der Waals surface area (Å²) in [6.07, 6.45) is 0. The monoisotopic (exact) mass is 451 g/mol. The van der Waals surface area contributed by atoms with Crippen LogP contribution in [0.3, 0.4) is 0 Å². The number of hydrogen-bond donors (Lipinski definition) is 0. The van der Waals surface area contributed by atoms with Crippen LogP contribution in [0, 0.1) is 6.92 Å². The van der Waals surface area contributed by atoms with Gasteiger partial charge in [0, 0.05) is 22.2 Å². The fourth-order valence-electron chi connectivity index (χ4n) is 4.87. The molecule has 0 bridgehead atoms. The maximum absolute atomic E-state index is 6.33. The van der Waals surface area contributed by atoms with E-state index < -0.39 is 0 Å². The molecule has 0 saturated heterocycles. The zero-order chi connectivity index (χ0) is 23.4. The third-order valence-electron chi connectivity index (χ3n) is 6.52. The van der Waals surface area contributed by atoms with E-state index in [1.54, 1.807) is 0 Å². The molecule has 0 N–H and O–H groups in total. The van der Waals surface area contributed by atoms with E-state index in [9.17, 15) is 0 Å². The molecule has 0 atom stereocenters. The summed E-state index contributed by atoms with van der Waals surface area (Å²) in [6.45, 7) is 1.98. The number of aryl methyl sites for hydroxylation is 1.